The van der Waals surface area contributed by atoms with E-state index in [0.29, 0.717) is 29.0 Å². The lowest BCUT2D eigenvalue weighted by Gasteiger charge is -2.11. The number of thioether (sulfide) groups is 1. The standard InChI is InChI=1S/C24H21ClN4O2S/c1-30-23-13-19(11-12-22(23)31-15-18-7-3-2-4-8-18)14-27-29-17-26-28-24(29)32-16-20-9-5-6-10-21(20)25/h2-14,17H,15-16H2,1H3/b27-14+. The fraction of sp³-hybridized carbons (Fsp3) is 0.125. The van der Waals surface area contributed by atoms with Crippen LogP contribution in [0.2, 0.25) is 5.02 Å². The molecule has 0 bridgehead atoms. The van der Waals surface area contributed by atoms with Crippen molar-refractivity contribution in [3.63, 3.8) is 0 Å². The lowest BCUT2D eigenvalue weighted by atomic mass is 10.2. The van der Waals surface area contributed by atoms with E-state index in [2.05, 4.69) is 15.3 Å². The van der Waals surface area contributed by atoms with Crippen LogP contribution in [0.25, 0.3) is 0 Å². The van der Waals surface area contributed by atoms with Crippen molar-refractivity contribution >= 4 is 29.6 Å². The van der Waals surface area contributed by atoms with Gasteiger partial charge in [0, 0.05) is 10.8 Å². The molecule has 0 aliphatic carbocycles. The summed E-state index contributed by atoms with van der Waals surface area (Å²) in [6.07, 6.45) is 3.30. The smallest absolute Gasteiger partial charge is 0.212 e. The van der Waals surface area contributed by atoms with Crippen LogP contribution >= 0.6 is 23.4 Å². The molecule has 0 aliphatic rings. The van der Waals surface area contributed by atoms with Gasteiger partial charge >= 0.3 is 0 Å². The fourth-order valence-corrected chi connectivity index (χ4v) is 4.05. The Morgan fingerprint density at radius 2 is 1.84 bits per heavy atom. The van der Waals surface area contributed by atoms with Crippen molar-refractivity contribution < 1.29 is 9.47 Å². The first-order valence-corrected chi connectivity index (χ1v) is 11.2. The van der Waals surface area contributed by atoms with E-state index in [-0.39, 0.29) is 0 Å². The molecule has 0 fully saturated rings. The number of nitrogens with zero attached hydrogens (tertiary/aromatic N) is 4. The van der Waals surface area contributed by atoms with E-state index in [9.17, 15) is 0 Å². The molecule has 0 N–H and O–H groups in total. The molecule has 32 heavy (non-hydrogen) atoms. The van der Waals surface area contributed by atoms with Gasteiger partial charge < -0.3 is 9.47 Å². The molecular weight excluding hydrogens is 444 g/mol. The van der Waals surface area contributed by atoms with Crippen LogP contribution in [0, 0.1) is 0 Å². The summed E-state index contributed by atoms with van der Waals surface area (Å²) in [5.74, 6) is 1.99. The van der Waals surface area contributed by atoms with Gasteiger partial charge in [-0.2, -0.15) is 9.78 Å². The van der Waals surface area contributed by atoms with Crippen LogP contribution in [0.15, 0.2) is 89.4 Å². The second-order valence-corrected chi connectivity index (χ2v) is 8.12. The molecule has 0 saturated carbocycles. The van der Waals surface area contributed by atoms with Gasteiger partial charge in [0.2, 0.25) is 5.16 Å². The highest BCUT2D eigenvalue weighted by Crippen LogP contribution is 2.29. The number of hydrogen-bond donors (Lipinski definition) is 0. The normalized spacial score (nSPS) is 11.1. The van der Waals surface area contributed by atoms with E-state index in [1.165, 1.54) is 11.8 Å². The van der Waals surface area contributed by atoms with E-state index in [0.717, 1.165) is 21.7 Å². The lowest BCUT2D eigenvalue weighted by Crippen LogP contribution is -1.98. The van der Waals surface area contributed by atoms with Gasteiger partial charge in [-0.15, -0.1) is 10.2 Å². The van der Waals surface area contributed by atoms with Crippen LogP contribution in [0.4, 0.5) is 0 Å². The Labute approximate surface area is 195 Å². The van der Waals surface area contributed by atoms with Gasteiger partial charge in [-0.25, -0.2) is 0 Å². The van der Waals surface area contributed by atoms with Crippen LogP contribution in [0.3, 0.4) is 0 Å². The lowest BCUT2D eigenvalue weighted by molar-refractivity contribution is 0.284. The summed E-state index contributed by atoms with van der Waals surface area (Å²) in [5.41, 5.74) is 2.99. The molecule has 0 atom stereocenters. The molecule has 8 heteroatoms. The Hall–Kier alpha value is -3.29. The van der Waals surface area contributed by atoms with E-state index >= 15 is 0 Å². The molecule has 4 rings (SSSR count). The first-order chi connectivity index (χ1) is 15.7. The van der Waals surface area contributed by atoms with Crippen molar-refractivity contribution in [1.29, 1.82) is 0 Å². The summed E-state index contributed by atoms with van der Waals surface area (Å²) >= 11 is 7.75. The summed E-state index contributed by atoms with van der Waals surface area (Å²) in [5, 5.41) is 14.0. The molecular formula is C24H21ClN4O2S. The predicted octanol–water partition coefficient (Wildman–Crippen LogP) is 5.69. The van der Waals surface area contributed by atoms with Crippen molar-refractivity contribution in [3.05, 3.63) is 101 Å². The summed E-state index contributed by atoms with van der Waals surface area (Å²) in [6, 6.07) is 23.4. The molecule has 0 unspecified atom stereocenters. The van der Waals surface area contributed by atoms with Crippen molar-refractivity contribution in [2.45, 2.75) is 17.5 Å². The first kappa shape index (κ1) is 21.9. The Morgan fingerprint density at radius 1 is 1.03 bits per heavy atom. The minimum absolute atomic E-state index is 0.470. The van der Waals surface area contributed by atoms with Gasteiger partial charge in [-0.1, -0.05) is 71.9 Å². The molecule has 6 nitrogen and oxygen atoms in total. The molecule has 162 valence electrons. The summed E-state index contributed by atoms with van der Waals surface area (Å²) in [4.78, 5) is 0. The number of halogens is 1. The minimum Gasteiger partial charge on any atom is -0.493 e. The molecule has 3 aromatic carbocycles. The van der Waals surface area contributed by atoms with E-state index in [1.807, 2.05) is 72.8 Å². The Bertz CT molecular complexity index is 1200. The maximum Gasteiger partial charge on any atom is 0.212 e. The molecule has 0 aliphatic heterocycles. The first-order valence-electron chi connectivity index (χ1n) is 9.88. The fourth-order valence-electron chi connectivity index (χ4n) is 2.90. The van der Waals surface area contributed by atoms with E-state index < -0.39 is 0 Å². The van der Waals surface area contributed by atoms with E-state index in [4.69, 9.17) is 21.1 Å². The largest absolute Gasteiger partial charge is 0.493 e. The van der Waals surface area contributed by atoms with Crippen LogP contribution in [-0.4, -0.2) is 28.2 Å². The van der Waals surface area contributed by atoms with Gasteiger partial charge in [-0.05, 0) is 41.0 Å². The maximum atomic E-state index is 6.24. The van der Waals surface area contributed by atoms with Crippen LogP contribution in [0.1, 0.15) is 16.7 Å². The summed E-state index contributed by atoms with van der Waals surface area (Å²) < 4.78 is 13.0. The van der Waals surface area contributed by atoms with Crippen molar-refractivity contribution in [2.24, 2.45) is 5.10 Å². The van der Waals surface area contributed by atoms with Gasteiger partial charge in [0.1, 0.15) is 12.9 Å². The molecule has 0 saturated heterocycles. The second kappa shape index (κ2) is 10.8. The summed E-state index contributed by atoms with van der Waals surface area (Å²) in [7, 11) is 1.62. The maximum absolute atomic E-state index is 6.24. The zero-order valence-electron chi connectivity index (χ0n) is 17.4. The average molecular weight is 465 g/mol. The third-order valence-electron chi connectivity index (χ3n) is 4.57. The highest BCUT2D eigenvalue weighted by atomic mass is 35.5. The highest BCUT2D eigenvalue weighted by Gasteiger charge is 2.08. The molecule has 1 heterocycles. The third-order valence-corrected chi connectivity index (χ3v) is 5.92. The van der Waals surface area contributed by atoms with Crippen LogP contribution in [-0.2, 0) is 12.4 Å². The number of methoxy groups -OCH3 is 1. The van der Waals surface area contributed by atoms with Crippen molar-refractivity contribution in [1.82, 2.24) is 14.9 Å². The Kier molecular flexibility index (Phi) is 7.42. The zero-order chi connectivity index (χ0) is 22.2. The SMILES string of the molecule is COc1cc(/C=N/n2cnnc2SCc2ccccc2Cl)ccc1OCc1ccccc1. The van der Waals surface area contributed by atoms with E-state index in [1.54, 1.807) is 24.3 Å². The highest BCUT2D eigenvalue weighted by molar-refractivity contribution is 7.98. The quantitative estimate of drug-likeness (QED) is 0.235. The van der Waals surface area contributed by atoms with Gasteiger partial charge in [-0.3, -0.25) is 0 Å². The monoisotopic (exact) mass is 464 g/mol. The summed E-state index contributed by atoms with van der Waals surface area (Å²) in [6.45, 7) is 0.470. The Morgan fingerprint density at radius 3 is 2.66 bits per heavy atom. The molecule has 0 spiro atoms. The van der Waals surface area contributed by atoms with Gasteiger partial charge in [0.05, 0.1) is 13.3 Å². The van der Waals surface area contributed by atoms with Crippen molar-refractivity contribution in [2.75, 3.05) is 7.11 Å². The predicted molar refractivity (Wildman–Crippen MR) is 128 cm³/mol. The average Bonchev–Trinajstić information content (AvgIpc) is 3.29. The number of hydrogen-bond acceptors (Lipinski definition) is 6. The Balaban J connectivity index is 1.42. The van der Waals surface area contributed by atoms with Crippen LogP contribution in [0.5, 0.6) is 11.5 Å². The second-order valence-electron chi connectivity index (χ2n) is 6.77. The number of aromatic nitrogens is 3. The topological polar surface area (TPSA) is 61.5 Å². The zero-order valence-corrected chi connectivity index (χ0v) is 19.0. The van der Waals surface area contributed by atoms with Gasteiger partial charge in [0.15, 0.2) is 11.5 Å². The molecule has 0 radical (unpaired) electrons. The minimum atomic E-state index is 0.470. The van der Waals surface area contributed by atoms with Crippen molar-refractivity contribution in [3.8, 4) is 11.5 Å². The third kappa shape index (κ3) is 5.69. The number of benzene rings is 3. The van der Waals surface area contributed by atoms with Crippen LogP contribution < -0.4 is 9.47 Å². The number of rotatable bonds is 9. The molecule has 0 amide bonds. The molecule has 1 aromatic heterocycles. The van der Waals surface area contributed by atoms with Gasteiger partial charge in [0.25, 0.3) is 0 Å². The molecule has 4 aromatic rings. The number of ether oxygens (including phenoxy) is 2.